The second-order valence-electron chi connectivity index (χ2n) is 3.26. The maximum atomic E-state index is 11.4. The summed E-state index contributed by atoms with van der Waals surface area (Å²) >= 11 is 0. The molecule has 0 aromatic carbocycles. The Hall–Kier alpha value is -1.10. The number of hydrogen-bond donors (Lipinski definition) is 2. The van der Waals surface area contributed by atoms with E-state index in [9.17, 15) is 9.59 Å². The topological polar surface area (TPSA) is 83.6 Å². The Morgan fingerprint density at radius 1 is 1.43 bits per heavy atom. The van der Waals surface area contributed by atoms with Crippen LogP contribution in [-0.2, 0) is 9.59 Å². The summed E-state index contributed by atoms with van der Waals surface area (Å²) in [5.41, 5.74) is 5.28. The molecule has 0 radical (unpaired) electrons. The Labute approximate surface area is 83.9 Å². The number of aliphatic carboxylic acids is 1. The fourth-order valence-corrected chi connectivity index (χ4v) is 0.979. The molecular formula is C9H18N2O3. The number of carbonyl (C=O) groups is 2. The van der Waals surface area contributed by atoms with Gasteiger partial charge in [-0.3, -0.25) is 4.79 Å². The summed E-state index contributed by atoms with van der Waals surface area (Å²) < 4.78 is 0. The van der Waals surface area contributed by atoms with Gasteiger partial charge in [0.05, 0.1) is 0 Å². The van der Waals surface area contributed by atoms with E-state index in [0.29, 0.717) is 19.4 Å². The van der Waals surface area contributed by atoms with Gasteiger partial charge >= 0.3 is 5.97 Å². The first-order valence-corrected chi connectivity index (χ1v) is 4.69. The van der Waals surface area contributed by atoms with Crippen LogP contribution in [-0.4, -0.2) is 41.5 Å². The molecule has 0 bridgehead atoms. The van der Waals surface area contributed by atoms with Crippen molar-refractivity contribution in [1.82, 2.24) is 4.90 Å². The van der Waals surface area contributed by atoms with Gasteiger partial charge in [0, 0.05) is 13.5 Å². The molecule has 0 fully saturated rings. The summed E-state index contributed by atoms with van der Waals surface area (Å²) in [6.07, 6.45) is 1.87. The highest BCUT2D eigenvalue weighted by atomic mass is 16.4. The van der Waals surface area contributed by atoms with Crippen molar-refractivity contribution < 1.29 is 14.7 Å². The molecule has 0 heterocycles. The fourth-order valence-electron chi connectivity index (χ4n) is 0.979. The number of carboxylic acids is 1. The van der Waals surface area contributed by atoms with Crippen molar-refractivity contribution in [2.24, 2.45) is 5.73 Å². The van der Waals surface area contributed by atoms with Crippen LogP contribution in [0.3, 0.4) is 0 Å². The molecule has 0 rings (SSSR count). The third kappa shape index (κ3) is 4.23. The van der Waals surface area contributed by atoms with Crippen LogP contribution in [0.15, 0.2) is 0 Å². The van der Waals surface area contributed by atoms with Crippen LogP contribution in [0.4, 0.5) is 0 Å². The normalized spacial score (nSPS) is 12.2. The molecule has 0 aliphatic rings. The zero-order chi connectivity index (χ0) is 11.1. The Morgan fingerprint density at radius 3 is 2.43 bits per heavy atom. The van der Waals surface area contributed by atoms with Crippen molar-refractivity contribution in [2.45, 2.75) is 32.2 Å². The van der Waals surface area contributed by atoms with Crippen molar-refractivity contribution in [3.05, 3.63) is 0 Å². The zero-order valence-electron chi connectivity index (χ0n) is 8.69. The van der Waals surface area contributed by atoms with E-state index in [1.807, 2.05) is 0 Å². The monoisotopic (exact) mass is 202 g/mol. The van der Waals surface area contributed by atoms with Gasteiger partial charge in [0.1, 0.15) is 6.04 Å². The third-order valence-corrected chi connectivity index (χ3v) is 2.18. The number of unbranched alkanes of at least 4 members (excludes halogenated alkanes) is 1. The average Bonchev–Trinajstić information content (AvgIpc) is 2.15. The van der Waals surface area contributed by atoms with Crippen LogP contribution in [0.2, 0.25) is 0 Å². The number of carbonyl (C=O) groups excluding carboxylic acids is 1. The van der Waals surface area contributed by atoms with E-state index in [1.165, 1.54) is 18.9 Å². The molecule has 3 N–H and O–H groups in total. The van der Waals surface area contributed by atoms with Crippen molar-refractivity contribution >= 4 is 11.9 Å². The second kappa shape index (κ2) is 6.37. The number of likely N-dealkylation sites (N-methyl/N-ethyl adjacent to an activating group) is 1. The Morgan fingerprint density at radius 2 is 2.00 bits per heavy atom. The molecule has 1 unspecified atom stereocenters. The van der Waals surface area contributed by atoms with Crippen LogP contribution in [0, 0.1) is 0 Å². The minimum Gasteiger partial charge on any atom is -0.480 e. The Bertz CT molecular complexity index is 206. The number of nitrogens with two attached hydrogens (primary N) is 1. The molecule has 0 saturated heterocycles. The SMILES string of the molecule is CC(C(=O)O)N(C)C(=O)CCCCN. The van der Waals surface area contributed by atoms with Crippen molar-refractivity contribution in [1.29, 1.82) is 0 Å². The quantitative estimate of drug-likeness (QED) is 0.596. The number of rotatable bonds is 6. The smallest absolute Gasteiger partial charge is 0.326 e. The Balaban J connectivity index is 3.92. The minimum absolute atomic E-state index is 0.145. The van der Waals surface area contributed by atoms with E-state index >= 15 is 0 Å². The molecule has 0 aromatic heterocycles. The van der Waals surface area contributed by atoms with E-state index in [4.69, 9.17) is 10.8 Å². The van der Waals surface area contributed by atoms with Gasteiger partial charge in [0.2, 0.25) is 5.91 Å². The van der Waals surface area contributed by atoms with Gasteiger partial charge in [-0.1, -0.05) is 0 Å². The second-order valence-corrected chi connectivity index (χ2v) is 3.26. The van der Waals surface area contributed by atoms with Crippen molar-refractivity contribution in [3.8, 4) is 0 Å². The molecule has 0 aromatic rings. The summed E-state index contributed by atoms with van der Waals surface area (Å²) in [7, 11) is 1.50. The minimum atomic E-state index is -0.986. The number of hydrogen-bond acceptors (Lipinski definition) is 3. The first-order chi connectivity index (χ1) is 6.50. The molecule has 0 aliphatic carbocycles. The van der Waals surface area contributed by atoms with Gasteiger partial charge in [-0.05, 0) is 26.3 Å². The molecule has 0 saturated carbocycles. The lowest BCUT2D eigenvalue weighted by Gasteiger charge is -2.21. The lowest BCUT2D eigenvalue weighted by Crippen LogP contribution is -2.40. The predicted octanol–water partition coefficient (Wildman–Crippen LogP) is 0.0469. The molecular weight excluding hydrogens is 184 g/mol. The number of carboxylic acid groups (broad SMARTS) is 1. The van der Waals surface area contributed by atoms with E-state index in [2.05, 4.69) is 0 Å². The number of nitrogens with zero attached hydrogens (tertiary/aromatic N) is 1. The van der Waals surface area contributed by atoms with Gasteiger partial charge in [0.25, 0.3) is 0 Å². The molecule has 82 valence electrons. The highest BCUT2D eigenvalue weighted by Crippen LogP contribution is 2.02. The fraction of sp³-hybridized carbons (Fsp3) is 0.778. The summed E-state index contributed by atoms with van der Waals surface area (Å²) in [5.74, 6) is -1.13. The predicted molar refractivity (Wildman–Crippen MR) is 52.8 cm³/mol. The van der Waals surface area contributed by atoms with E-state index < -0.39 is 12.0 Å². The van der Waals surface area contributed by atoms with Crippen LogP contribution in [0.5, 0.6) is 0 Å². The van der Waals surface area contributed by atoms with Crippen LogP contribution in [0.25, 0.3) is 0 Å². The molecule has 14 heavy (non-hydrogen) atoms. The molecule has 5 heteroatoms. The summed E-state index contributed by atoms with van der Waals surface area (Å²) in [6.45, 7) is 2.05. The van der Waals surface area contributed by atoms with Crippen LogP contribution < -0.4 is 5.73 Å². The van der Waals surface area contributed by atoms with E-state index in [1.54, 1.807) is 0 Å². The average molecular weight is 202 g/mol. The molecule has 1 atom stereocenters. The first kappa shape index (κ1) is 12.9. The maximum absolute atomic E-state index is 11.4. The third-order valence-electron chi connectivity index (χ3n) is 2.18. The molecule has 0 spiro atoms. The molecule has 5 nitrogen and oxygen atoms in total. The van der Waals surface area contributed by atoms with Crippen LogP contribution in [0.1, 0.15) is 26.2 Å². The standard InChI is InChI=1S/C9H18N2O3/c1-7(9(13)14)11(2)8(12)5-3-4-6-10/h7H,3-6,10H2,1-2H3,(H,13,14). The van der Waals surface area contributed by atoms with Gasteiger partial charge in [-0.25, -0.2) is 4.79 Å². The lowest BCUT2D eigenvalue weighted by molar-refractivity contribution is -0.148. The maximum Gasteiger partial charge on any atom is 0.326 e. The van der Waals surface area contributed by atoms with Gasteiger partial charge in [-0.15, -0.1) is 0 Å². The van der Waals surface area contributed by atoms with Gasteiger partial charge in [0.15, 0.2) is 0 Å². The molecule has 1 amide bonds. The van der Waals surface area contributed by atoms with Gasteiger partial charge < -0.3 is 15.7 Å². The van der Waals surface area contributed by atoms with E-state index in [-0.39, 0.29) is 5.91 Å². The highest BCUT2D eigenvalue weighted by molar-refractivity contribution is 5.83. The van der Waals surface area contributed by atoms with Crippen molar-refractivity contribution in [2.75, 3.05) is 13.6 Å². The highest BCUT2D eigenvalue weighted by Gasteiger charge is 2.20. The summed E-state index contributed by atoms with van der Waals surface area (Å²) in [4.78, 5) is 23.2. The largest absolute Gasteiger partial charge is 0.480 e. The number of amides is 1. The Kier molecular flexibility index (Phi) is 5.87. The first-order valence-electron chi connectivity index (χ1n) is 4.69. The molecule has 0 aliphatic heterocycles. The van der Waals surface area contributed by atoms with Gasteiger partial charge in [-0.2, -0.15) is 0 Å². The zero-order valence-corrected chi connectivity index (χ0v) is 8.69. The lowest BCUT2D eigenvalue weighted by atomic mass is 10.2. The van der Waals surface area contributed by atoms with E-state index in [0.717, 1.165) is 6.42 Å². The summed E-state index contributed by atoms with van der Waals surface area (Å²) in [5, 5.41) is 8.66. The van der Waals surface area contributed by atoms with Crippen molar-refractivity contribution in [3.63, 3.8) is 0 Å². The van der Waals surface area contributed by atoms with Crippen LogP contribution >= 0.6 is 0 Å². The summed E-state index contributed by atoms with van der Waals surface area (Å²) in [6, 6.07) is -0.764.